The lowest BCUT2D eigenvalue weighted by Gasteiger charge is -2.34. The van der Waals surface area contributed by atoms with Gasteiger partial charge < -0.3 is 9.13 Å². The van der Waals surface area contributed by atoms with Crippen molar-refractivity contribution in [3.8, 4) is 33.6 Å². The number of fused-ring (bicyclic) bond motifs is 6. The summed E-state index contributed by atoms with van der Waals surface area (Å²) in [6, 6.07) is 94.2. The van der Waals surface area contributed by atoms with E-state index in [0.29, 0.717) is 0 Å². The molecule has 0 fully saturated rings. The molecule has 12 rings (SSSR count). The molecule has 0 N–H and O–H groups in total. The zero-order chi connectivity index (χ0) is 41.7. The minimum Gasteiger partial charge on any atom is -0.309 e. The number of nitrogens with zero attached hydrogens (tertiary/aromatic N) is 2. The average Bonchev–Trinajstić information content (AvgIpc) is 3.88. The molecule has 0 atom stereocenters. The maximum Gasteiger partial charge on any atom is 0.179 e. The maximum atomic E-state index is 2.51. The van der Waals surface area contributed by atoms with Crippen LogP contribution in [0.4, 0.5) is 0 Å². The number of rotatable bonds is 8. The van der Waals surface area contributed by atoms with E-state index in [1.165, 1.54) is 86.6 Å². The van der Waals surface area contributed by atoms with Crippen molar-refractivity contribution in [2.45, 2.75) is 0 Å². The van der Waals surface area contributed by atoms with Gasteiger partial charge in [-0.15, -0.1) is 0 Å². The first-order valence-electron chi connectivity index (χ1n) is 21.8. The standard InChI is InChI=1S/C60H42N2Si/c1-5-19-43(20-6-1)51-27-13-14-28-52(51)44-33-35-45(36-34-44)61-58-32-18-16-30-54(58)56-41-46(37-40-59(56)61)62-57-31-17-15-29-53(57)55-39-38-50(42-60(55)62)63(47-21-7-2-8-22-47,48-23-9-3-10-24-48)49-25-11-4-12-26-49/h1-42H. The Morgan fingerprint density at radius 1 is 0.238 bits per heavy atom. The van der Waals surface area contributed by atoms with Gasteiger partial charge in [0.1, 0.15) is 0 Å². The smallest absolute Gasteiger partial charge is 0.179 e. The molecule has 0 unspecified atom stereocenters. The third-order valence-corrected chi connectivity index (χ3v) is 17.9. The number of hydrogen-bond acceptors (Lipinski definition) is 0. The van der Waals surface area contributed by atoms with E-state index < -0.39 is 8.07 Å². The first kappa shape index (κ1) is 36.8. The third-order valence-electron chi connectivity index (χ3n) is 13.1. The van der Waals surface area contributed by atoms with Crippen molar-refractivity contribution < 1.29 is 0 Å². The Kier molecular flexibility index (Phi) is 8.87. The molecule has 0 aliphatic carbocycles. The minimum atomic E-state index is -2.77. The zero-order valence-electron chi connectivity index (χ0n) is 34.6. The molecule has 2 heterocycles. The van der Waals surface area contributed by atoms with Gasteiger partial charge in [0, 0.05) is 32.9 Å². The van der Waals surface area contributed by atoms with E-state index in [0.717, 1.165) is 11.4 Å². The Morgan fingerprint density at radius 3 is 1.22 bits per heavy atom. The largest absolute Gasteiger partial charge is 0.309 e. The van der Waals surface area contributed by atoms with Gasteiger partial charge in [-0.1, -0.05) is 206 Å². The molecular formula is C60H42N2Si. The molecular weight excluding hydrogens is 777 g/mol. The molecule has 2 aromatic heterocycles. The highest BCUT2D eigenvalue weighted by Gasteiger charge is 2.41. The van der Waals surface area contributed by atoms with Gasteiger partial charge in [-0.25, -0.2) is 0 Å². The Labute approximate surface area is 368 Å². The summed E-state index contributed by atoms with van der Waals surface area (Å²) in [4.78, 5) is 0. The maximum absolute atomic E-state index is 2.77. The summed E-state index contributed by atoms with van der Waals surface area (Å²) in [5, 5.41) is 10.4. The van der Waals surface area contributed by atoms with Crippen LogP contribution >= 0.6 is 0 Å². The van der Waals surface area contributed by atoms with Crippen molar-refractivity contribution >= 4 is 72.4 Å². The second kappa shape index (κ2) is 15.2. The van der Waals surface area contributed by atoms with Gasteiger partial charge in [-0.05, 0) is 91.5 Å². The second-order valence-electron chi connectivity index (χ2n) is 16.4. The Hall–Kier alpha value is -7.98. The summed E-state index contributed by atoms with van der Waals surface area (Å²) < 4.78 is 4.92. The molecule has 2 nitrogen and oxygen atoms in total. The summed E-state index contributed by atoms with van der Waals surface area (Å²) in [5.74, 6) is 0. The van der Waals surface area contributed by atoms with Crippen LogP contribution in [0.1, 0.15) is 0 Å². The Balaban J connectivity index is 1.05. The fourth-order valence-corrected chi connectivity index (χ4v) is 15.1. The van der Waals surface area contributed by atoms with Gasteiger partial charge in [0.2, 0.25) is 0 Å². The summed E-state index contributed by atoms with van der Waals surface area (Å²) in [6.45, 7) is 0. The van der Waals surface area contributed by atoms with Crippen LogP contribution < -0.4 is 20.7 Å². The predicted molar refractivity (Wildman–Crippen MR) is 270 cm³/mol. The first-order valence-corrected chi connectivity index (χ1v) is 23.8. The van der Waals surface area contributed by atoms with Crippen LogP contribution in [0.5, 0.6) is 0 Å². The van der Waals surface area contributed by atoms with Crippen LogP contribution in [0.15, 0.2) is 255 Å². The fourth-order valence-electron chi connectivity index (χ4n) is 10.3. The van der Waals surface area contributed by atoms with Crippen molar-refractivity contribution in [1.29, 1.82) is 0 Å². The highest BCUT2D eigenvalue weighted by molar-refractivity contribution is 7.20. The zero-order valence-corrected chi connectivity index (χ0v) is 35.6. The Bertz CT molecular complexity index is 3490. The van der Waals surface area contributed by atoms with Crippen molar-refractivity contribution in [2.75, 3.05) is 0 Å². The van der Waals surface area contributed by atoms with Gasteiger partial charge in [0.05, 0.1) is 22.1 Å². The number of aromatic nitrogens is 2. The van der Waals surface area contributed by atoms with Crippen molar-refractivity contribution in [3.63, 3.8) is 0 Å². The number of para-hydroxylation sites is 2. The van der Waals surface area contributed by atoms with Crippen LogP contribution in [0.3, 0.4) is 0 Å². The SMILES string of the molecule is c1ccc(-c2ccccc2-c2ccc(-n3c4ccccc4c4cc(-n5c6ccccc6c6ccc([Si](c7ccccc7)(c7ccccc7)c7ccccc7)cc65)ccc43)cc2)cc1. The van der Waals surface area contributed by atoms with Gasteiger partial charge in [0.25, 0.3) is 0 Å². The third kappa shape index (κ3) is 5.93. The molecule has 12 aromatic rings. The minimum absolute atomic E-state index is 1.14. The molecule has 0 spiro atoms. The van der Waals surface area contributed by atoms with E-state index in [2.05, 4.69) is 264 Å². The van der Waals surface area contributed by atoms with Crippen molar-refractivity contribution in [3.05, 3.63) is 255 Å². The van der Waals surface area contributed by atoms with Crippen LogP contribution in [0.2, 0.25) is 0 Å². The molecule has 10 aromatic carbocycles. The summed E-state index contributed by atoms with van der Waals surface area (Å²) in [5.41, 5.74) is 12.0. The topological polar surface area (TPSA) is 9.86 Å². The average molecular weight is 819 g/mol. The van der Waals surface area contributed by atoms with Crippen molar-refractivity contribution in [1.82, 2.24) is 9.13 Å². The molecule has 3 heteroatoms. The van der Waals surface area contributed by atoms with Gasteiger partial charge in [-0.3, -0.25) is 0 Å². The molecule has 0 aliphatic heterocycles. The van der Waals surface area contributed by atoms with E-state index >= 15 is 0 Å². The number of hydrogen-bond donors (Lipinski definition) is 0. The quantitative estimate of drug-likeness (QED) is 0.107. The highest BCUT2D eigenvalue weighted by Crippen LogP contribution is 2.38. The van der Waals surface area contributed by atoms with E-state index in [1.807, 2.05) is 0 Å². The first-order chi connectivity index (χ1) is 31.3. The van der Waals surface area contributed by atoms with Crippen LogP contribution in [-0.4, -0.2) is 17.2 Å². The fraction of sp³-hybridized carbons (Fsp3) is 0. The van der Waals surface area contributed by atoms with E-state index in [1.54, 1.807) is 0 Å². The summed E-state index contributed by atoms with van der Waals surface area (Å²) >= 11 is 0. The number of benzene rings is 10. The monoisotopic (exact) mass is 818 g/mol. The van der Waals surface area contributed by atoms with Gasteiger partial charge in [0.15, 0.2) is 8.07 Å². The lowest BCUT2D eigenvalue weighted by Crippen LogP contribution is -2.74. The molecule has 296 valence electrons. The van der Waals surface area contributed by atoms with Crippen LogP contribution in [0.25, 0.3) is 77.2 Å². The van der Waals surface area contributed by atoms with Crippen molar-refractivity contribution in [2.24, 2.45) is 0 Å². The normalized spacial score (nSPS) is 11.8. The van der Waals surface area contributed by atoms with Crippen LogP contribution in [0, 0.1) is 0 Å². The molecule has 0 radical (unpaired) electrons. The van der Waals surface area contributed by atoms with E-state index in [9.17, 15) is 0 Å². The molecule has 0 amide bonds. The molecule has 0 saturated heterocycles. The van der Waals surface area contributed by atoms with E-state index in [4.69, 9.17) is 0 Å². The van der Waals surface area contributed by atoms with Crippen LogP contribution in [-0.2, 0) is 0 Å². The Morgan fingerprint density at radius 2 is 0.651 bits per heavy atom. The molecule has 0 bridgehead atoms. The van der Waals surface area contributed by atoms with Gasteiger partial charge in [-0.2, -0.15) is 0 Å². The second-order valence-corrected chi connectivity index (χ2v) is 20.3. The molecule has 0 saturated carbocycles. The summed E-state index contributed by atoms with van der Waals surface area (Å²) in [7, 11) is -2.77. The molecule has 63 heavy (non-hydrogen) atoms. The van der Waals surface area contributed by atoms with Gasteiger partial charge >= 0.3 is 0 Å². The summed E-state index contributed by atoms with van der Waals surface area (Å²) in [6.07, 6.45) is 0. The molecule has 0 aliphatic rings. The van der Waals surface area contributed by atoms with E-state index in [-0.39, 0.29) is 0 Å². The lowest BCUT2D eigenvalue weighted by atomic mass is 9.94. The predicted octanol–water partition coefficient (Wildman–Crippen LogP) is 12.6. The lowest BCUT2D eigenvalue weighted by molar-refractivity contribution is 1.17. The highest BCUT2D eigenvalue weighted by atomic mass is 28.3.